The van der Waals surface area contributed by atoms with Crippen LogP contribution in [0.25, 0.3) is 0 Å². The van der Waals surface area contributed by atoms with Gasteiger partial charge in [0.05, 0.1) is 7.11 Å². The summed E-state index contributed by atoms with van der Waals surface area (Å²) in [5.41, 5.74) is 6.32. The van der Waals surface area contributed by atoms with Crippen LogP contribution < -0.4 is 10.5 Å². The van der Waals surface area contributed by atoms with Crippen molar-refractivity contribution >= 4 is 11.5 Å². The number of anilines is 1. The van der Waals surface area contributed by atoms with E-state index in [0.717, 1.165) is 0 Å². The van der Waals surface area contributed by atoms with Crippen LogP contribution in [0.15, 0.2) is 18.2 Å². The molecule has 0 unspecified atom stereocenters. The Morgan fingerprint density at radius 3 is 2.77 bits per heavy atom. The minimum absolute atomic E-state index is 0.361. The molecule has 0 fully saturated rings. The number of ether oxygens (including phenoxy) is 1. The quantitative estimate of drug-likeness (QED) is 0.524. The molecule has 0 aromatic heterocycles. The molecule has 1 aromatic rings. The second-order valence-corrected chi connectivity index (χ2v) is 2.58. The molecule has 0 aliphatic rings. The highest BCUT2D eigenvalue weighted by atomic mass is 16.5. The standard InChI is InChI=1S/C9H11NO3/c1-13-8-3-6(9(12)5-11)2-7(10)4-8/h2-4,11H,5,10H2,1H3. The molecular weight excluding hydrogens is 170 g/mol. The third kappa shape index (κ3) is 2.19. The Hall–Kier alpha value is -1.55. The average molecular weight is 181 g/mol. The van der Waals surface area contributed by atoms with Crippen molar-refractivity contribution in [3.63, 3.8) is 0 Å². The van der Waals surface area contributed by atoms with Crippen LogP contribution >= 0.6 is 0 Å². The Labute approximate surface area is 75.9 Å². The smallest absolute Gasteiger partial charge is 0.188 e. The number of carbonyl (C=O) groups excluding carboxylic acids is 1. The van der Waals surface area contributed by atoms with Gasteiger partial charge in [0.2, 0.25) is 0 Å². The Morgan fingerprint density at radius 1 is 1.54 bits per heavy atom. The maximum atomic E-state index is 11.1. The molecule has 0 aliphatic carbocycles. The van der Waals surface area contributed by atoms with Gasteiger partial charge in [0.1, 0.15) is 12.4 Å². The average Bonchev–Trinajstić information content (AvgIpc) is 2.15. The second-order valence-electron chi connectivity index (χ2n) is 2.58. The van der Waals surface area contributed by atoms with E-state index >= 15 is 0 Å². The van der Waals surface area contributed by atoms with Gasteiger partial charge in [-0.15, -0.1) is 0 Å². The molecule has 1 aromatic carbocycles. The fraction of sp³-hybridized carbons (Fsp3) is 0.222. The van der Waals surface area contributed by atoms with Crippen molar-refractivity contribution in [1.29, 1.82) is 0 Å². The molecule has 0 bridgehead atoms. The van der Waals surface area contributed by atoms with E-state index in [4.69, 9.17) is 15.6 Å². The highest BCUT2D eigenvalue weighted by Gasteiger charge is 2.06. The van der Waals surface area contributed by atoms with E-state index in [0.29, 0.717) is 17.0 Å². The first-order valence-corrected chi connectivity index (χ1v) is 3.76. The molecule has 0 spiro atoms. The number of ketones is 1. The van der Waals surface area contributed by atoms with Crippen molar-refractivity contribution in [1.82, 2.24) is 0 Å². The van der Waals surface area contributed by atoms with Crippen LogP contribution in [-0.4, -0.2) is 24.6 Å². The van der Waals surface area contributed by atoms with E-state index in [1.165, 1.54) is 19.2 Å². The fourth-order valence-electron chi connectivity index (χ4n) is 0.992. The summed E-state index contributed by atoms with van der Waals surface area (Å²) in [5, 5.41) is 8.61. The van der Waals surface area contributed by atoms with Crippen molar-refractivity contribution < 1.29 is 14.6 Å². The molecule has 1 rings (SSSR count). The van der Waals surface area contributed by atoms with E-state index in [1.807, 2.05) is 0 Å². The normalized spacial score (nSPS) is 9.69. The minimum Gasteiger partial charge on any atom is -0.497 e. The zero-order valence-corrected chi connectivity index (χ0v) is 7.28. The van der Waals surface area contributed by atoms with Gasteiger partial charge in [0, 0.05) is 17.3 Å². The van der Waals surface area contributed by atoms with Crippen LogP contribution in [-0.2, 0) is 0 Å². The van der Waals surface area contributed by atoms with Gasteiger partial charge in [-0.05, 0) is 12.1 Å². The Balaban J connectivity index is 3.08. The Kier molecular flexibility index (Phi) is 2.87. The number of carbonyl (C=O) groups is 1. The topological polar surface area (TPSA) is 72.5 Å². The molecule has 0 radical (unpaired) electrons. The van der Waals surface area contributed by atoms with Gasteiger partial charge < -0.3 is 15.6 Å². The van der Waals surface area contributed by atoms with E-state index in [2.05, 4.69) is 0 Å². The Bertz CT molecular complexity index is 323. The molecule has 4 heteroatoms. The molecule has 3 N–H and O–H groups in total. The van der Waals surface area contributed by atoms with Crippen LogP contribution in [0.4, 0.5) is 5.69 Å². The highest BCUT2D eigenvalue weighted by Crippen LogP contribution is 2.18. The number of Topliss-reactive ketones (excluding diaryl/α,β-unsaturated/α-hetero) is 1. The highest BCUT2D eigenvalue weighted by molar-refractivity contribution is 5.98. The van der Waals surface area contributed by atoms with Crippen molar-refractivity contribution in [2.75, 3.05) is 19.5 Å². The van der Waals surface area contributed by atoms with Gasteiger partial charge in [-0.1, -0.05) is 0 Å². The number of hydrogen-bond acceptors (Lipinski definition) is 4. The van der Waals surface area contributed by atoms with Crippen molar-refractivity contribution in [3.05, 3.63) is 23.8 Å². The van der Waals surface area contributed by atoms with Crippen molar-refractivity contribution in [3.8, 4) is 5.75 Å². The third-order valence-corrected chi connectivity index (χ3v) is 1.63. The molecule has 0 aliphatic heterocycles. The van der Waals surface area contributed by atoms with E-state index in [-0.39, 0.29) is 5.78 Å². The number of aliphatic hydroxyl groups excluding tert-OH is 1. The minimum atomic E-state index is -0.521. The third-order valence-electron chi connectivity index (χ3n) is 1.63. The summed E-state index contributed by atoms with van der Waals surface area (Å²) in [4.78, 5) is 11.1. The first-order valence-electron chi connectivity index (χ1n) is 3.76. The van der Waals surface area contributed by atoms with Crippen LogP contribution in [0.5, 0.6) is 5.75 Å². The first kappa shape index (κ1) is 9.54. The molecule has 0 atom stereocenters. The molecule has 0 amide bonds. The summed E-state index contributed by atoms with van der Waals surface area (Å²) >= 11 is 0. The largest absolute Gasteiger partial charge is 0.497 e. The summed E-state index contributed by atoms with van der Waals surface area (Å²) in [5.74, 6) is 0.141. The molecule has 13 heavy (non-hydrogen) atoms. The van der Waals surface area contributed by atoms with Gasteiger partial charge in [-0.25, -0.2) is 0 Å². The van der Waals surface area contributed by atoms with Crippen LogP contribution in [0.3, 0.4) is 0 Å². The van der Waals surface area contributed by atoms with Crippen LogP contribution in [0.2, 0.25) is 0 Å². The van der Waals surface area contributed by atoms with Gasteiger partial charge in [0.25, 0.3) is 0 Å². The maximum absolute atomic E-state index is 11.1. The monoisotopic (exact) mass is 181 g/mol. The van der Waals surface area contributed by atoms with E-state index < -0.39 is 6.61 Å². The first-order chi connectivity index (χ1) is 6.17. The lowest BCUT2D eigenvalue weighted by Gasteiger charge is -2.04. The summed E-state index contributed by atoms with van der Waals surface area (Å²) in [6, 6.07) is 4.64. The number of hydrogen-bond donors (Lipinski definition) is 2. The van der Waals surface area contributed by atoms with E-state index in [1.54, 1.807) is 6.07 Å². The van der Waals surface area contributed by atoms with Gasteiger partial charge in [-0.3, -0.25) is 4.79 Å². The number of nitrogens with two attached hydrogens (primary N) is 1. The van der Waals surface area contributed by atoms with Crippen molar-refractivity contribution in [2.24, 2.45) is 0 Å². The predicted octanol–water partition coefficient (Wildman–Crippen LogP) is 0.452. The molecule has 0 saturated heterocycles. The fourth-order valence-corrected chi connectivity index (χ4v) is 0.992. The van der Waals surface area contributed by atoms with Gasteiger partial charge in [-0.2, -0.15) is 0 Å². The maximum Gasteiger partial charge on any atom is 0.188 e. The zero-order valence-electron chi connectivity index (χ0n) is 7.28. The summed E-state index contributed by atoms with van der Waals surface area (Å²) < 4.78 is 4.92. The molecule has 0 heterocycles. The van der Waals surface area contributed by atoms with Gasteiger partial charge >= 0.3 is 0 Å². The summed E-state index contributed by atoms with van der Waals surface area (Å²) in [7, 11) is 1.49. The molecular formula is C9H11NO3. The number of methoxy groups -OCH3 is 1. The van der Waals surface area contributed by atoms with Crippen molar-refractivity contribution in [2.45, 2.75) is 0 Å². The molecule has 4 nitrogen and oxygen atoms in total. The van der Waals surface area contributed by atoms with Crippen LogP contribution in [0.1, 0.15) is 10.4 Å². The predicted molar refractivity (Wildman–Crippen MR) is 48.8 cm³/mol. The number of aliphatic hydroxyl groups is 1. The molecule has 0 saturated carbocycles. The summed E-state index contributed by atoms with van der Waals surface area (Å²) in [6.45, 7) is -0.521. The number of nitrogen functional groups attached to an aromatic ring is 1. The summed E-state index contributed by atoms with van der Waals surface area (Å²) in [6.07, 6.45) is 0. The Morgan fingerprint density at radius 2 is 2.23 bits per heavy atom. The van der Waals surface area contributed by atoms with E-state index in [9.17, 15) is 4.79 Å². The second kappa shape index (κ2) is 3.91. The lowest BCUT2D eigenvalue weighted by atomic mass is 10.1. The molecule has 70 valence electrons. The van der Waals surface area contributed by atoms with Crippen LogP contribution in [0, 0.1) is 0 Å². The van der Waals surface area contributed by atoms with Gasteiger partial charge in [0.15, 0.2) is 5.78 Å². The number of benzene rings is 1. The number of rotatable bonds is 3. The lowest BCUT2D eigenvalue weighted by molar-refractivity contribution is 0.0903. The lowest BCUT2D eigenvalue weighted by Crippen LogP contribution is -2.05. The zero-order chi connectivity index (χ0) is 9.84. The SMILES string of the molecule is COc1cc(N)cc(C(=O)CO)c1.